The third-order valence-corrected chi connectivity index (χ3v) is 4.21. The third-order valence-electron chi connectivity index (χ3n) is 4.21. The van der Waals surface area contributed by atoms with Gasteiger partial charge in [-0.05, 0) is 6.07 Å². The van der Waals surface area contributed by atoms with Crippen molar-refractivity contribution in [2.24, 2.45) is 11.8 Å². The highest BCUT2D eigenvalue weighted by atomic mass is 19.3. The Labute approximate surface area is 148 Å². The van der Waals surface area contributed by atoms with Gasteiger partial charge in [-0.1, -0.05) is 36.4 Å². The number of alkyl halides is 2. The molecule has 1 aromatic rings. The monoisotopic (exact) mass is 362 g/mol. The molecule has 2 aliphatic rings. The van der Waals surface area contributed by atoms with Gasteiger partial charge >= 0.3 is 11.9 Å². The molecule has 0 spiro atoms. The highest BCUT2D eigenvalue weighted by Gasteiger charge is 2.41. The minimum absolute atomic E-state index is 0.168. The number of hydrogen-bond donors (Lipinski definition) is 0. The third kappa shape index (κ3) is 3.29. The van der Waals surface area contributed by atoms with Gasteiger partial charge in [-0.3, -0.25) is 9.59 Å². The Morgan fingerprint density at radius 2 is 1.73 bits per heavy atom. The lowest BCUT2D eigenvalue weighted by Crippen LogP contribution is -2.35. The molecule has 0 heterocycles. The summed E-state index contributed by atoms with van der Waals surface area (Å²) in [4.78, 5) is 36.4. The molecule has 0 aromatic heterocycles. The average Bonchev–Trinajstić information content (AvgIpc) is 2.62. The normalized spacial score (nSPS) is 21.2. The number of hydrogen-bond acceptors (Lipinski definition) is 5. The molecule has 2 unspecified atom stereocenters. The second-order valence-corrected chi connectivity index (χ2v) is 6.10. The molecule has 0 fully saturated rings. The highest BCUT2D eigenvalue weighted by Crippen LogP contribution is 2.38. The number of halogens is 2. The van der Waals surface area contributed by atoms with Crippen molar-refractivity contribution in [3.05, 3.63) is 53.6 Å². The first-order valence-corrected chi connectivity index (χ1v) is 8.05. The van der Waals surface area contributed by atoms with Crippen molar-refractivity contribution < 1.29 is 32.6 Å². The molecule has 5 nitrogen and oxygen atoms in total. The average molecular weight is 362 g/mol. The van der Waals surface area contributed by atoms with Crippen LogP contribution < -0.4 is 4.74 Å². The summed E-state index contributed by atoms with van der Waals surface area (Å²) in [5, 5.41) is 0. The van der Waals surface area contributed by atoms with Crippen molar-refractivity contribution in [2.45, 2.75) is 12.8 Å². The van der Waals surface area contributed by atoms with Crippen LogP contribution in [0.25, 0.3) is 0 Å². The van der Waals surface area contributed by atoms with Gasteiger partial charge < -0.3 is 9.47 Å². The molecule has 0 radical (unpaired) electrons. The lowest BCUT2D eigenvalue weighted by atomic mass is 9.72. The number of carbonyl (C=O) groups is 3. The SMILES string of the molecule is CC(F)(F)C(=O)OCCOc1cccc2c1C(=O)C1C=CC=CC1C2=O. The summed E-state index contributed by atoms with van der Waals surface area (Å²) in [6.07, 6.45) is 6.82. The number of allylic oxidation sites excluding steroid dienone is 4. The fraction of sp³-hybridized carbons (Fsp3) is 0.316. The molecule has 0 N–H and O–H groups in total. The van der Waals surface area contributed by atoms with Crippen LogP contribution in [-0.2, 0) is 9.53 Å². The van der Waals surface area contributed by atoms with Gasteiger partial charge in [0, 0.05) is 12.5 Å². The summed E-state index contributed by atoms with van der Waals surface area (Å²) in [6, 6.07) is 4.65. The zero-order valence-corrected chi connectivity index (χ0v) is 13.9. The lowest BCUT2D eigenvalue weighted by molar-refractivity contribution is -0.169. The molecule has 2 aliphatic carbocycles. The summed E-state index contributed by atoms with van der Waals surface area (Å²) in [5.74, 6) is -6.58. The molecule has 3 rings (SSSR count). The van der Waals surface area contributed by atoms with Crippen LogP contribution >= 0.6 is 0 Å². The lowest BCUT2D eigenvalue weighted by Gasteiger charge is -2.29. The van der Waals surface area contributed by atoms with E-state index >= 15 is 0 Å². The Balaban J connectivity index is 1.75. The number of ketones is 2. The summed E-state index contributed by atoms with van der Waals surface area (Å²) < 4.78 is 35.3. The largest absolute Gasteiger partial charge is 0.489 e. The minimum Gasteiger partial charge on any atom is -0.489 e. The molecule has 2 atom stereocenters. The maximum Gasteiger partial charge on any atom is 0.376 e. The highest BCUT2D eigenvalue weighted by molar-refractivity contribution is 6.18. The number of fused-ring (bicyclic) bond motifs is 2. The molecule has 7 heteroatoms. The Morgan fingerprint density at radius 1 is 1.08 bits per heavy atom. The molecule has 1 aromatic carbocycles. The van der Waals surface area contributed by atoms with Crippen LogP contribution in [0.3, 0.4) is 0 Å². The smallest absolute Gasteiger partial charge is 0.376 e. The summed E-state index contributed by atoms with van der Waals surface area (Å²) >= 11 is 0. The van der Waals surface area contributed by atoms with Crippen molar-refractivity contribution >= 4 is 17.5 Å². The van der Waals surface area contributed by atoms with E-state index in [-0.39, 0.29) is 35.0 Å². The van der Waals surface area contributed by atoms with Crippen LogP contribution in [-0.4, -0.2) is 36.7 Å². The van der Waals surface area contributed by atoms with Crippen molar-refractivity contribution in [1.82, 2.24) is 0 Å². The van der Waals surface area contributed by atoms with E-state index in [0.717, 1.165) is 0 Å². The van der Waals surface area contributed by atoms with Crippen LogP contribution in [0.2, 0.25) is 0 Å². The van der Waals surface area contributed by atoms with Gasteiger partial charge in [0.1, 0.15) is 19.0 Å². The van der Waals surface area contributed by atoms with Crippen molar-refractivity contribution in [1.29, 1.82) is 0 Å². The van der Waals surface area contributed by atoms with E-state index in [1.807, 2.05) is 0 Å². The molecule has 0 saturated carbocycles. The molecule has 136 valence electrons. The minimum atomic E-state index is -3.58. The molecule has 0 saturated heterocycles. The van der Waals surface area contributed by atoms with E-state index in [4.69, 9.17) is 4.74 Å². The van der Waals surface area contributed by atoms with E-state index in [0.29, 0.717) is 6.92 Å². The summed E-state index contributed by atoms with van der Waals surface area (Å²) in [7, 11) is 0. The maximum absolute atomic E-state index is 12.8. The zero-order valence-electron chi connectivity index (χ0n) is 13.9. The molecular weight excluding hydrogens is 346 g/mol. The molecular formula is C19H16F2O5. The number of esters is 1. The Kier molecular flexibility index (Phi) is 4.71. The van der Waals surface area contributed by atoms with Gasteiger partial charge in [0.2, 0.25) is 0 Å². The molecule has 0 bridgehead atoms. The fourth-order valence-corrected chi connectivity index (χ4v) is 2.98. The molecule has 26 heavy (non-hydrogen) atoms. The Bertz CT molecular complexity index is 820. The van der Waals surface area contributed by atoms with Gasteiger partial charge in [-0.2, -0.15) is 8.78 Å². The maximum atomic E-state index is 12.8. The van der Waals surface area contributed by atoms with E-state index in [1.54, 1.807) is 36.4 Å². The Morgan fingerprint density at radius 3 is 2.38 bits per heavy atom. The first kappa shape index (κ1) is 18.0. The van der Waals surface area contributed by atoms with Crippen molar-refractivity contribution in [3.63, 3.8) is 0 Å². The number of ether oxygens (including phenoxy) is 2. The van der Waals surface area contributed by atoms with Gasteiger partial charge in [0.15, 0.2) is 11.6 Å². The van der Waals surface area contributed by atoms with Crippen LogP contribution in [0.15, 0.2) is 42.5 Å². The van der Waals surface area contributed by atoms with Gasteiger partial charge in [-0.25, -0.2) is 4.79 Å². The second-order valence-electron chi connectivity index (χ2n) is 6.10. The van der Waals surface area contributed by atoms with E-state index in [1.165, 1.54) is 6.07 Å². The number of Topliss-reactive ketones (excluding diaryl/α,β-unsaturated/α-hetero) is 2. The van der Waals surface area contributed by atoms with E-state index in [9.17, 15) is 23.2 Å². The van der Waals surface area contributed by atoms with Crippen LogP contribution in [0.1, 0.15) is 27.6 Å². The zero-order chi connectivity index (χ0) is 18.9. The van der Waals surface area contributed by atoms with Crippen molar-refractivity contribution in [3.8, 4) is 5.75 Å². The first-order chi connectivity index (χ1) is 12.3. The van der Waals surface area contributed by atoms with Crippen LogP contribution in [0.5, 0.6) is 5.75 Å². The summed E-state index contributed by atoms with van der Waals surface area (Å²) in [6.45, 7) is -0.178. The van der Waals surface area contributed by atoms with Crippen molar-refractivity contribution in [2.75, 3.05) is 13.2 Å². The predicted molar refractivity (Wildman–Crippen MR) is 87.4 cm³/mol. The summed E-state index contributed by atoms with van der Waals surface area (Å²) in [5.41, 5.74) is 0.441. The molecule has 0 amide bonds. The second kappa shape index (κ2) is 6.82. The van der Waals surface area contributed by atoms with Gasteiger partial charge in [-0.15, -0.1) is 0 Å². The van der Waals surface area contributed by atoms with Gasteiger partial charge in [0.05, 0.1) is 17.4 Å². The number of benzene rings is 1. The fourth-order valence-electron chi connectivity index (χ4n) is 2.98. The van der Waals surface area contributed by atoms with E-state index in [2.05, 4.69) is 4.74 Å². The topological polar surface area (TPSA) is 69.7 Å². The number of carbonyl (C=O) groups excluding carboxylic acids is 3. The Hall–Kier alpha value is -2.83. The van der Waals surface area contributed by atoms with Gasteiger partial charge in [0.25, 0.3) is 0 Å². The van der Waals surface area contributed by atoms with Crippen LogP contribution in [0, 0.1) is 11.8 Å². The van der Waals surface area contributed by atoms with Crippen LogP contribution in [0.4, 0.5) is 8.78 Å². The first-order valence-electron chi connectivity index (χ1n) is 8.05. The predicted octanol–water partition coefficient (Wildman–Crippen LogP) is 3.00. The molecule has 0 aliphatic heterocycles. The number of rotatable bonds is 5. The quantitative estimate of drug-likeness (QED) is 0.595. The van der Waals surface area contributed by atoms with E-state index < -0.39 is 30.3 Å². The standard InChI is InChI=1S/C19H16F2O5/c1-19(20,21)18(24)26-10-9-25-14-8-4-7-13-15(14)17(23)12-6-3-2-5-11(12)16(13)22/h2-8,11-12H,9-10H2,1H3.